The summed E-state index contributed by atoms with van der Waals surface area (Å²) in [4.78, 5) is 0. The van der Waals surface area contributed by atoms with Crippen LogP contribution in [0.5, 0.6) is 5.75 Å². The molecular formula is C15H22F3NO. The Kier molecular flexibility index (Phi) is 6.33. The van der Waals surface area contributed by atoms with Gasteiger partial charge in [-0.05, 0) is 49.0 Å². The minimum absolute atomic E-state index is 0.174. The Morgan fingerprint density at radius 3 is 2.15 bits per heavy atom. The monoisotopic (exact) mass is 289 g/mol. The van der Waals surface area contributed by atoms with E-state index < -0.39 is 6.36 Å². The molecule has 0 aliphatic carbocycles. The first-order valence-electron chi connectivity index (χ1n) is 6.81. The van der Waals surface area contributed by atoms with Gasteiger partial charge in [0.05, 0.1) is 0 Å². The van der Waals surface area contributed by atoms with Gasteiger partial charge in [0.1, 0.15) is 5.75 Å². The molecule has 0 bridgehead atoms. The highest BCUT2D eigenvalue weighted by Crippen LogP contribution is 2.23. The van der Waals surface area contributed by atoms with Gasteiger partial charge in [0.2, 0.25) is 0 Å². The molecule has 0 saturated heterocycles. The Bertz CT molecular complexity index is 387. The summed E-state index contributed by atoms with van der Waals surface area (Å²) in [6, 6.07) is 6.08. The van der Waals surface area contributed by atoms with Gasteiger partial charge in [-0.15, -0.1) is 13.2 Å². The molecule has 1 unspecified atom stereocenters. The van der Waals surface area contributed by atoms with Crippen LogP contribution in [0.3, 0.4) is 0 Å². The van der Waals surface area contributed by atoms with Crippen LogP contribution >= 0.6 is 0 Å². The molecule has 0 aromatic heterocycles. The number of benzene rings is 1. The molecule has 0 fully saturated rings. The molecule has 2 nitrogen and oxygen atoms in total. The predicted octanol–water partition coefficient (Wildman–Crippen LogP) is 4.01. The molecule has 0 radical (unpaired) electrons. The molecule has 0 aliphatic heterocycles. The van der Waals surface area contributed by atoms with Crippen LogP contribution in [0.4, 0.5) is 13.2 Å². The molecule has 1 aromatic rings. The van der Waals surface area contributed by atoms with E-state index in [0.29, 0.717) is 11.8 Å². The SMILES string of the molecule is CC(C)CNCC(C)Cc1ccc(OC(F)(F)F)cc1. The van der Waals surface area contributed by atoms with Crippen LogP contribution in [0.15, 0.2) is 24.3 Å². The fourth-order valence-corrected chi connectivity index (χ4v) is 1.92. The molecule has 0 aliphatic rings. The van der Waals surface area contributed by atoms with Crippen LogP contribution < -0.4 is 10.1 Å². The standard InChI is InChI=1S/C15H22F3NO/c1-11(2)9-19-10-12(3)8-13-4-6-14(7-5-13)20-15(16,17)18/h4-7,11-12,19H,8-10H2,1-3H3. The summed E-state index contributed by atoms with van der Waals surface area (Å²) in [5.41, 5.74) is 1.01. The molecule has 0 amide bonds. The third-order valence-electron chi connectivity index (χ3n) is 2.79. The van der Waals surface area contributed by atoms with Gasteiger partial charge in [-0.1, -0.05) is 32.9 Å². The highest BCUT2D eigenvalue weighted by Gasteiger charge is 2.30. The van der Waals surface area contributed by atoms with Crippen LogP contribution in [-0.4, -0.2) is 19.5 Å². The van der Waals surface area contributed by atoms with Crippen LogP contribution in [0.2, 0.25) is 0 Å². The Morgan fingerprint density at radius 2 is 1.65 bits per heavy atom. The third kappa shape index (κ3) is 7.38. The van der Waals surface area contributed by atoms with Crippen molar-refractivity contribution in [3.63, 3.8) is 0 Å². The van der Waals surface area contributed by atoms with Crippen molar-refractivity contribution in [1.82, 2.24) is 5.32 Å². The van der Waals surface area contributed by atoms with Gasteiger partial charge in [0.15, 0.2) is 0 Å². The Labute approximate surface area is 118 Å². The summed E-state index contributed by atoms with van der Waals surface area (Å²) in [5.74, 6) is 0.871. The van der Waals surface area contributed by atoms with Crippen molar-refractivity contribution in [2.45, 2.75) is 33.6 Å². The van der Waals surface area contributed by atoms with Gasteiger partial charge in [-0.3, -0.25) is 0 Å². The van der Waals surface area contributed by atoms with Crippen molar-refractivity contribution >= 4 is 0 Å². The lowest BCUT2D eigenvalue weighted by atomic mass is 10.0. The van der Waals surface area contributed by atoms with Crippen LogP contribution in [0, 0.1) is 11.8 Å². The van der Waals surface area contributed by atoms with Crippen molar-refractivity contribution in [3.05, 3.63) is 29.8 Å². The summed E-state index contributed by atoms with van der Waals surface area (Å²) in [6.45, 7) is 8.29. The zero-order valence-corrected chi connectivity index (χ0v) is 12.1. The molecule has 1 rings (SSSR count). The molecule has 1 atom stereocenters. The second-order valence-electron chi connectivity index (χ2n) is 5.55. The molecule has 0 saturated carbocycles. The molecule has 0 spiro atoms. The maximum atomic E-state index is 12.0. The highest BCUT2D eigenvalue weighted by molar-refractivity contribution is 5.27. The number of rotatable bonds is 7. The minimum Gasteiger partial charge on any atom is -0.406 e. The smallest absolute Gasteiger partial charge is 0.406 e. The van der Waals surface area contributed by atoms with Crippen LogP contribution in [0.1, 0.15) is 26.3 Å². The molecule has 5 heteroatoms. The fraction of sp³-hybridized carbons (Fsp3) is 0.600. The zero-order chi connectivity index (χ0) is 15.2. The van der Waals surface area contributed by atoms with E-state index in [1.807, 2.05) is 0 Å². The summed E-state index contributed by atoms with van der Waals surface area (Å²) in [6.07, 6.45) is -3.80. The van der Waals surface area contributed by atoms with Gasteiger partial charge >= 0.3 is 6.36 Å². The number of alkyl halides is 3. The zero-order valence-electron chi connectivity index (χ0n) is 12.1. The molecule has 1 aromatic carbocycles. The number of hydrogen-bond donors (Lipinski definition) is 1. The lowest BCUT2D eigenvalue weighted by Gasteiger charge is -2.14. The molecular weight excluding hydrogens is 267 g/mol. The quantitative estimate of drug-likeness (QED) is 0.819. The summed E-state index contributed by atoms with van der Waals surface area (Å²) in [5, 5.41) is 3.37. The van der Waals surface area contributed by atoms with Gasteiger partial charge in [-0.2, -0.15) is 0 Å². The first-order chi connectivity index (χ1) is 9.26. The van der Waals surface area contributed by atoms with Crippen molar-refractivity contribution < 1.29 is 17.9 Å². The Hall–Kier alpha value is -1.23. The second-order valence-corrected chi connectivity index (χ2v) is 5.55. The van der Waals surface area contributed by atoms with E-state index >= 15 is 0 Å². The summed E-state index contributed by atoms with van der Waals surface area (Å²) < 4.78 is 39.9. The van der Waals surface area contributed by atoms with E-state index in [9.17, 15) is 13.2 Å². The minimum atomic E-state index is -4.63. The first kappa shape index (κ1) is 16.8. The van der Waals surface area contributed by atoms with Crippen molar-refractivity contribution in [2.24, 2.45) is 11.8 Å². The molecule has 1 N–H and O–H groups in total. The van der Waals surface area contributed by atoms with E-state index in [4.69, 9.17) is 0 Å². The Morgan fingerprint density at radius 1 is 1.05 bits per heavy atom. The number of hydrogen-bond acceptors (Lipinski definition) is 2. The molecule has 114 valence electrons. The van der Waals surface area contributed by atoms with Crippen LogP contribution in [0.25, 0.3) is 0 Å². The van der Waals surface area contributed by atoms with Crippen molar-refractivity contribution in [2.75, 3.05) is 13.1 Å². The van der Waals surface area contributed by atoms with Gasteiger partial charge in [-0.25, -0.2) is 0 Å². The number of ether oxygens (including phenoxy) is 1. The van der Waals surface area contributed by atoms with Crippen molar-refractivity contribution in [3.8, 4) is 5.75 Å². The average Bonchev–Trinajstić information content (AvgIpc) is 2.29. The second kappa shape index (κ2) is 7.53. The van der Waals surface area contributed by atoms with E-state index in [-0.39, 0.29) is 5.75 Å². The molecule has 0 heterocycles. The largest absolute Gasteiger partial charge is 0.573 e. The topological polar surface area (TPSA) is 21.3 Å². The normalized spacial score (nSPS) is 13.6. The van der Waals surface area contributed by atoms with Gasteiger partial charge in [0.25, 0.3) is 0 Å². The summed E-state index contributed by atoms with van der Waals surface area (Å²) in [7, 11) is 0. The predicted molar refractivity (Wildman–Crippen MR) is 73.7 cm³/mol. The first-order valence-corrected chi connectivity index (χ1v) is 6.81. The van der Waals surface area contributed by atoms with E-state index in [1.54, 1.807) is 12.1 Å². The third-order valence-corrected chi connectivity index (χ3v) is 2.79. The van der Waals surface area contributed by atoms with Gasteiger partial charge in [0, 0.05) is 0 Å². The maximum absolute atomic E-state index is 12.0. The van der Waals surface area contributed by atoms with E-state index in [1.165, 1.54) is 12.1 Å². The molecule has 20 heavy (non-hydrogen) atoms. The lowest BCUT2D eigenvalue weighted by Crippen LogP contribution is -2.26. The van der Waals surface area contributed by atoms with E-state index in [2.05, 4.69) is 30.8 Å². The van der Waals surface area contributed by atoms with E-state index in [0.717, 1.165) is 25.1 Å². The lowest BCUT2D eigenvalue weighted by molar-refractivity contribution is -0.274. The van der Waals surface area contributed by atoms with Crippen LogP contribution in [-0.2, 0) is 6.42 Å². The number of nitrogens with one attached hydrogen (secondary N) is 1. The Balaban J connectivity index is 2.41. The highest BCUT2D eigenvalue weighted by atomic mass is 19.4. The van der Waals surface area contributed by atoms with Crippen molar-refractivity contribution in [1.29, 1.82) is 0 Å². The number of halogens is 3. The summed E-state index contributed by atoms with van der Waals surface area (Å²) >= 11 is 0. The average molecular weight is 289 g/mol. The fourth-order valence-electron chi connectivity index (χ4n) is 1.92. The van der Waals surface area contributed by atoms with Gasteiger partial charge < -0.3 is 10.1 Å². The maximum Gasteiger partial charge on any atom is 0.573 e.